The molecule has 0 aliphatic heterocycles. The van der Waals surface area contributed by atoms with Crippen LogP contribution in [0.4, 0.5) is 51.2 Å². The van der Waals surface area contributed by atoms with Crippen molar-refractivity contribution in [1.82, 2.24) is 13.7 Å². The molecule has 0 N–H and O–H groups in total. The Kier molecular flexibility index (Phi) is 22.2. The van der Waals surface area contributed by atoms with Gasteiger partial charge in [-0.15, -0.1) is 0 Å². The number of hydrogen-bond acceptors (Lipinski definition) is 4. The second-order valence-electron chi connectivity index (χ2n) is 37.0. The van der Waals surface area contributed by atoms with E-state index in [1.54, 1.807) is 0 Å². The average molecular weight is 1850 g/mol. The van der Waals surface area contributed by atoms with Crippen LogP contribution in [0.1, 0.15) is 0 Å². The summed E-state index contributed by atoms with van der Waals surface area (Å²) in [6, 6.07) is 205. The van der Waals surface area contributed by atoms with E-state index >= 15 is 0 Å². The second-order valence-corrected chi connectivity index (χ2v) is 37.0. The van der Waals surface area contributed by atoms with Crippen LogP contribution in [0.5, 0.6) is 0 Å². The van der Waals surface area contributed by atoms with Gasteiger partial charge in [0.2, 0.25) is 0 Å². The summed E-state index contributed by atoms with van der Waals surface area (Å²) in [6.45, 7) is 0. The maximum atomic E-state index is 6.56. The Morgan fingerprint density at radius 2 is 0.428 bits per heavy atom. The monoisotopic (exact) mass is 1850 g/mol. The molecule has 0 saturated carbocycles. The summed E-state index contributed by atoms with van der Waals surface area (Å²) in [7, 11) is 0. The Morgan fingerprint density at radius 3 is 0.883 bits per heavy atom. The number of nitrogens with zero attached hydrogens (tertiary/aromatic N) is 6. The van der Waals surface area contributed by atoms with Crippen molar-refractivity contribution in [3.63, 3.8) is 0 Å². The molecular weight excluding hydrogens is 1760 g/mol. The summed E-state index contributed by atoms with van der Waals surface area (Å²) in [5.41, 5.74) is 34.4. The first-order valence-electron chi connectivity index (χ1n) is 49.6. The van der Waals surface area contributed by atoms with E-state index in [1.807, 2.05) is 12.1 Å². The van der Waals surface area contributed by atoms with Gasteiger partial charge in [0.15, 0.2) is 5.58 Å². The van der Waals surface area contributed by atoms with E-state index in [1.165, 1.54) is 165 Å². The molecule has 145 heavy (non-hydrogen) atoms. The first-order valence-corrected chi connectivity index (χ1v) is 49.6. The SMILES string of the molecule is c1ccc(-c2ccc(N(c3ccc(-c4ccc5c(c4)c4ccccc4n5-c4ccccc4)cc3)c3ccc4ccc5ccccc5c4c3)cc2)cc1.c1ccc(-c2ccc(N(c3ccc(-c4ccc5c(c4)c4ccccc4n5-c4ccccc4)cc3)c3cccc4c3oc3ccccc34)cc2)cc1.c1ccc(N(c2ccccc2)c2ccc(-c3ccc4c(c3)c3ccccc3n4-c3cccc4ccccc34)cc2)cc1. The molecule has 0 radical (unpaired) electrons. The van der Waals surface area contributed by atoms with Gasteiger partial charge < -0.3 is 32.8 Å². The lowest BCUT2D eigenvalue weighted by Crippen LogP contribution is -2.10. The zero-order valence-corrected chi connectivity index (χ0v) is 79.4. The molecule has 0 aliphatic carbocycles. The quantitative estimate of drug-likeness (QED) is 0.0852. The van der Waals surface area contributed by atoms with E-state index in [0.29, 0.717) is 0 Å². The van der Waals surface area contributed by atoms with Gasteiger partial charge in [0.05, 0.1) is 44.5 Å². The van der Waals surface area contributed by atoms with Crippen LogP contribution in [0, 0.1) is 0 Å². The number of para-hydroxylation sites is 9. The van der Waals surface area contributed by atoms with Gasteiger partial charge in [-0.25, -0.2) is 0 Å². The van der Waals surface area contributed by atoms with Crippen molar-refractivity contribution >= 4 is 171 Å². The van der Waals surface area contributed by atoms with Crippen LogP contribution in [0.2, 0.25) is 0 Å². The summed E-state index contributed by atoms with van der Waals surface area (Å²) >= 11 is 0. The average Bonchev–Trinajstić information content (AvgIpc) is 1.82. The highest BCUT2D eigenvalue weighted by atomic mass is 16.3. The van der Waals surface area contributed by atoms with Crippen molar-refractivity contribution in [1.29, 1.82) is 0 Å². The third kappa shape index (κ3) is 16.1. The van der Waals surface area contributed by atoms with Crippen LogP contribution in [0.3, 0.4) is 0 Å². The lowest BCUT2D eigenvalue weighted by molar-refractivity contribution is 0.669. The molecule has 0 unspecified atom stereocenters. The number of hydrogen-bond donors (Lipinski definition) is 0. The largest absolute Gasteiger partial charge is 0.454 e. The predicted molar refractivity (Wildman–Crippen MR) is 613 cm³/mol. The number of furan rings is 1. The van der Waals surface area contributed by atoms with Crippen LogP contribution in [0.15, 0.2) is 575 Å². The summed E-state index contributed by atoms with van der Waals surface area (Å²) in [6.07, 6.45) is 0. The van der Waals surface area contributed by atoms with Gasteiger partial charge in [-0.3, -0.25) is 0 Å². The van der Waals surface area contributed by atoms with Crippen molar-refractivity contribution in [2.75, 3.05) is 14.7 Å². The fourth-order valence-corrected chi connectivity index (χ4v) is 21.6. The van der Waals surface area contributed by atoms with Gasteiger partial charge in [-0.05, 0) is 277 Å². The Bertz CT molecular complexity index is 9600. The molecule has 7 nitrogen and oxygen atoms in total. The van der Waals surface area contributed by atoms with Crippen LogP contribution < -0.4 is 14.7 Å². The van der Waals surface area contributed by atoms with Crippen molar-refractivity contribution in [2.45, 2.75) is 0 Å². The van der Waals surface area contributed by atoms with Gasteiger partial charge >= 0.3 is 0 Å². The number of anilines is 9. The molecule has 0 atom stereocenters. The third-order valence-corrected chi connectivity index (χ3v) is 28.5. The van der Waals surface area contributed by atoms with Gasteiger partial charge in [0.25, 0.3) is 0 Å². The Morgan fingerprint density at radius 1 is 0.145 bits per heavy atom. The maximum Gasteiger partial charge on any atom is 0.159 e. The highest BCUT2D eigenvalue weighted by Crippen LogP contribution is 2.48. The van der Waals surface area contributed by atoms with Crippen LogP contribution in [0.25, 0.3) is 192 Å². The van der Waals surface area contributed by atoms with E-state index in [-0.39, 0.29) is 0 Å². The zero-order valence-electron chi connectivity index (χ0n) is 79.4. The molecule has 24 aromatic carbocycles. The molecule has 0 amide bonds. The molecule has 0 aliphatic rings. The number of fused-ring (bicyclic) bond motifs is 16. The van der Waals surface area contributed by atoms with E-state index in [2.05, 4.69) is 587 Å². The molecule has 28 aromatic rings. The van der Waals surface area contributed by atoms with Gasteiger partial charge in [-0.2, -0.15) is 0 Å². The molecule has 682 valence electrons. The minimum absolute atomic E-state index is 0.871. The highest BCUT2D eigenvalue weighted by Gasteiger charge is 2.25. The number of benzene rings is 24. The summed E-state index contributed by atoms with van der Waals surface area (Å²) < 4.78 is 13.7. The lowest BCUT2D eigenvalue weighted by atomic mass is 10.00. The van der Waals surface area contributed by atoms with E-state index < -0.39 is 0 Å². The van der Waals surface area contributed by atoms with Crippen molar-refractivity contribution in [3.05, 3.63) is 570 Å². The molecule has 0 fully saturated rings. The maximum absolute atomic E-state index is 6.56. The third-order valence-electron chi connectivity index (χ3n) is 28.5. The van der Waals surface area contributed by atoms with Crippen LogP contribution >= 0.6 is 0 Å². The fraction of sp³-hybridized carbons (Fsp3) is 0. The molecule has 4 heterocycles. The predicted octanol–water partition coefficient (Wildman–Crippen LogP) is 38.5. The fourth-order valence-electron chi connectivity index (χ4n) is 21.6. The molecular formula is C138H94N6O. The molecule has 0 saturated heterocycles. The first kappa shape index (κ1) is 86.0. The number of aromatic nitrogens is 3. The van der Waals surface area contributed by atoms with Crippen LogP contribution in [-0.2, 0) is 0 Å². The minimum Gasteiger partial charge on any atom is -0.454 e. The normalized spacial score (nSPS) is 11.4. The molecule has 0 spiro atoms. The molecule has 7 heteroatoms. The minimum atomic E-state index is 0.871. The van der Waals surface area contributed by atoms with Gasteiger partial charge in [0, 0.05) is 105 Å². The Labute approximate surface area is 840 Å². The van der Waals surface area contributed by atoms with Crippen molar-refractivity contribution in [2.24, 2.45) is 0 Å². The van der Waals surface area contributed by atoms with E-state index in [4.69, 9.17) is 4.42 Å². The zero-order chi connectivity index (χ0) is 96.0. The van der Waals surface area contributed by atoms with Crippen molar-refractivity contribution < 1.29 is 4.42 Å². The second kappa shape index (κ2) is 37.4. The molecule has 28 rings (SSSR count). The molecule has 0 bridgehead atoms. The van der Waals surface area contributed by atoms with Gasteiger partial charge in [0.1, 0.15) is 5.58 Å². The highest BCUT2D eigenvalue weighted by molar-refractivity contribution is 6.16. The van der Waals surface area contributed by atoms with Crippen molar-refractivity contribution in [3.8, 4) is 72.7 Å². The smallest absolute Gasteiger partial charge is 0.159 e. The standard InChI is InChI=1S/C50H34N2.C48H32N2O.C40H28N2/c1-3-11-35(12-4-1)36-21-27-42(28-22-36)51(44-31-25-39-20-19-38-13-7-8-16-45(38)47(39)34-44)43-29-23-37(24-30-43)40-26-32-50-48(33-40)46-17-9-10-18-49(46)52(50)41-14-5-2-6-15-41;1-3-12-33(13-4-1)34-22-27-38(28-23-34)49(46-20-11-18-42-41-17-8-10-21-47(41)51-48(42)46)39-29-24-35(25-30-39)36-26-31-45-43(32-36)40-16-7-9-19-44(40)50(45)37-14-5-2-6-15-37;1-3-14-32(15-4-1)41(33-16-5-2-6-17-33)34-25-22-29(23-26-34)31-24-27-40-37(28-31)36-19-9-10-20-39(36)42(40)38-21-11-13-30-12-7-8-18-35(30)38/h1-34H;1-32H;1-28H. The first-order chi connectivity index (χ1) is 71.9. The van der Waals surface area contributed by atoms with E-state index in [0.717, 1.165) is 78.8 Å². The summed E-state index contributed by atoms with van der Waals surface area (Å²) in [5.74, 6) is 0. The lowest BCUT2D eigenvalue weighted by Gasteiger charge is -2.26. The summed E-state index contributed by atoms with van der Waals surface area (Å²) in [5, 5.41) is 17.3. The van der Waals surface area contributed by atoms with Gasteiger partial charge in [-0.1, -0.05) is 376 Å². The molecule has 4 aromatic heterocycles. The summed E-state index contributed by atoms with van der Waals surface area (Å²) in [4.78, 5) is 6.97. The topological polar surface area (TPSA) is 37.6 Å². The van der Waals surface area contributed by atoms with E-state index in [9.17, 15) is 0 Å². The Balaban J connectivity index is 0.000000111. The van der Waals surface area contributed by atoms with Crippen LogP contribution in [-0.4, -0.2) is 13.7 Å². The number of rotatable bonds is 17. The Hall–Kier alpha value is -19.3.